The van der Waals surface area contributed by atoms with E-state index in [9.17, 15) is 20.4 Å². The second-order valence-corrected chi connectivity index (χ2v) is 3.56. The third-order valence-electron chi connectivity index (χ3n) is 2.53. The molecule has 6 heteroatoms. The number of aliphatic hydroxyl groups excluding tert-OH is 4. The van der Waals surface area contributed by atoms with Crippen LogP contribution in [0.25, 0.3) is 0 Å². The molecule has 1 saturated carbocycles. The van der Waals surface area contributed by atoms with Gasteiger partial charge in [0.25, 0.3) is 0 Å². The summed E-state index contributed by atoms with van der Waals surface area (Å²) in [4.78, 5) is 0. The summed E-state index contributed by atoms with van der Waals surface area (Å²) in [5.74, 6) is 0. The number of hydrogen-bond donors (Lipinski definition) is 6. The standard InChI is InChI=1S/C7H15NO5/c8-3-1-7(13,2-9)6(12)5(11)4(3)10/h3-6,9-13H,1-2,8H2/t3?,4-,5?,6?,7-/m0/s1. The first kappa shape index (κ1) is 10.8. The first-order chi connectivity index (χ1) is 5.92. The molecule has 7 N–H and O–H groups in total. The average molecular weight is 193 g/mol. The van der Waals surface area contributed by atoms with Crippen molar-refractivity contribution in [2.24, 2.45) is 5.73 Å². The predicted octanol–water partition coefficient (Wildman–Crippen LogP) is -3.48. The summed E-state index contributed by atoms with van der Waals surface area (Å²) in [5.41, 5.74) is 3.57. The first-order valence-corrected chi connectivity index (χ1v) is 4.05. The third-order valence-corrected chi connectivity index (χ3v) is 2.53. The van der Waals surface area contributed by atoms with Gasteiger partial charge in [-0.3, -0.25) is 0 Å². The van der Waals surface area contributed by atoms with Crippen LogP contribution in [0.1, 0.15) is 6.42 Å². The Kier molecular flexibility index (Phi) is 2.91. The molecule has 78 valence electrons. The Balaban J connectivity index is 2.82. The molecule has 0 radical (unpaired) electrons. The van der Waals surface area contributed by atoms with Crippen LogP contribution < -0.4 is 5.73 Å². The van der Waals surface area contributed by atoms with E-state index in [-0.39, 0.29) is 6.42 Å². The molecule has 1 aliphatic rings. The minimum absolute atomic E-state index is 0.150. The van der Waals surface area contributed by atoms with Gasteiger partial charge in [0.15, 0.2) is 0 Å². The zero-order chi connectivity index (χ0) is 10.2. The minimum atomic E-state index is -1.82. The number of rotatable bonds is 1. The molecule has 0 bridgehead atoms. The van der Waals surface area contributed by atoms with Gasteiger partial charge in [-0.15, -0.1) is 0 Å². The molecule has 0 aliphatic heterocycles. The second kappa shape index (κ2) is 3.49. The van der Waals surface area contributed by atoms with Gasteiger partial charge in [-0.05, 0) is 6.42 Å². The van der Waals surface area contributed by atoms with Gasteiger partial charge in [-0.25, -0.2) is 0 Å². The van der Waals surface area contributed by atoms with Crippen molar-refractivity contribution in [3.63, 3.8) is 0 Å². The van der Waals surface area contributed by atoms with Gasteiger partial charge in [0.05, 0.1) is 12.7 Å². The Hall–Kier alpha value is -0.240. The third kappa shape index (κ3) is 1.69. The van der Waals surface area contributed by atoms with Gasteiger partial charge < -0.3 is 31.3 Å². The van der Waals surface area contributed by atoms with Crippen molar-refractivity contribution in [1.29, 1.82) is 0 Å². The highest BCUT2D eigenvalue weighted by Gasteiger charge is 2.49. The van der Waals surface area contributed by atoms with Gasteiger partial charge in [-0.2, -0.15) is 0 Å². The monoisotopic (exact) mass is 193 g/mol. The van der Waals surface area contributed by atoms with E-state index in [0.29, 0.717) is 0 Å². The van der Waals surface area contributed by atoms with Crippen molar-refractivity contribution >= 4 is 0 Å². The fraction of sp³-hybridized carbons (Fsp3) is 1.00. The molecule has 0 aromatic rings. The molecule has 0 amide bonds. The molecule has 1 aliphatic carbocycles. The van der Waals surface area contributed by atoms with E-state index in [1.54, 1.807) is 0 Å². The van der Waals surface area contributed by atoms with E-state index in [0.717, 1.165) is 0 Å². The molecule has 13 heavy (non-hydrogen) atoms. The average Bonchev–Trinajstić information content (AvgIpc) is 2.12. The van der Waals surface area contributed by atoms with Gasteiger partial charge >= 0.3 is 0 Å². The van der Waals surface area contributed by atoms with Crippen LogP contribution in [0.3, 0.4) is 0 Å². The highest BCUT2D eigenvalue weighted by atomic mass is 16.4. The molecule has 1 fully saturated rings. The van der Waals surface area contributed by atoms with E-state index < -0.39 is 36.6 Å². The topological polar surface area (TPSA) is 127 Å². The minimum Gasteiger partial charge on any atom is -0.393 e. The lowest BCUT2D eigenvalue weighted by Crippen LogP contribution is -2.66. The maximum atomic E-state index is 9.56. The fourth-order valence-electron chi connectivity index (χ4n) is 1.57. The van der Waals surface area contributed by atoms with E-state index >= 15 is 0 Å². The number of hydrogen-bond acceptors (Lipinski definition) is 6. The first-order valence-electron chi connectivity index (χ1n) is 4.05. The summed E-state index contributed by atoms with van der Waals surface area (Å²) >= 11 is 0. The van der Waals surface area contributed by atoms with Gasteiger partial charge in [0.2, 0.25) is 0 Å². The second-order valence-electron chi connectivity index (χ2n) is 3.56. The number of aliphatic hydroxyl groups is 5. The largest absolute Gasteiger partial charge is 0.393 e. The Morgan fingerprint density at radius 2 is 1.77 bits per heavy atom. The van der Waals surface area contributed by atoms with Crippen molar-refractivity contribution < 1.29 is 25.5 Å². The number of nitrogens with two attached hydrogens (primary N) is 1. The zero-order valence-corrected chi connectivity index (χ0v) is 7.04. The maximum Gasteiger partial charge on any atom is 0.118 e. The molecule has 0 saturated heterocycles. The quantitative estimate of drug-likeness (QED) is 0.257. The van der Waals surface area contributed by atoms with Gasteiger partial charge in [0.1, 0.15) is 17.8 Å². The van der Waals surface area contributed by atoms with Crippen LogP contribution in [0.15, 0.2) is 0 Å². The Bertz CT molecular complexity index is 190. The van der Waals surface area contributed by atoms with Crippen molar-refractivity contribution in [2.75, 3.05) is 6.61 Å². The van der Waals surface area contributed by atoms with E-state index in [2.05, 4.69) is 0 Å². The summed E-state index contributed by atoms with van der Waals surface area (Å²) in [5, 5.41) is 46.1. The van der Waals surface area contributed by atoms with Gasteiger partial charge in [0, 0.05) is 6.04 Å². The van der Waals surface area contributed by atoms with E-state index in [4.69, 9.17) is 10.8 Å². The molecule has 0 aromatic heterocycles. The summed E-state index contributed by atoms with van der Waals surface area (Å²) in [7, 11) is 0. The summed E-state index contributed by atoms with van der Waals surface area (Å²) < 4.78 is 0. The van der Waals surface area contributed by atoms with Gasteiger partial charge in [-0.1, -0.05) is 0 Å². The Morgan fingerprint density at radius 3 is 2.23 bits per heavy atom. The highest BCUT2D eigenvalue weighted by molar-refractivity contribution is 5.03. The molecule has 3 unspecified atom stereocenters. The molecule has 0 aromatic carbocycles. The van der Waals surface area contributed by atoms with Crippen molar-refractivity contribution in [2.45, 2.75) is 36.4 Å². The van der Waals surface area contributed by atoms with E-state index in [1.165, 1.54) is 0 Å². The van der Waals surface area contributed by atoms with Crippen LogP contribution in [-0.2, 0) is 0 Å². The zero-order valence-electron chi connectivity index (χ0n) is 7.04. The van der Waals surface area contributed by atoms with Crippen LogP contribution in [0.4, 0.5) is 0 Å². The van der Waals surface area contributed by atoms with Crippen molar-refractivity contribution in [3.05, 3.63) is 0 Å². The van der Waals surface area contributed by atoms with Crippen LogP contribution in [-0.4, -0.2) is 62.1 Å². The van der Waals surface area contributed by atoms with E-state index in [1.807, 2.05) is 0 Å². The summed E-state index contributed by atoms with van der Waals surface area (Å²) in [6.07, 6.45) is -4.53. The molecule has 1 rings (SSSR count). The van der Waals surface area contributed by atoms with Crippen LogP contribution >= 0.6 is 0 Å². The highest BCUT2D eigenvalue weighted by Crippen LogP contribution is 2.28. The lowest BCUT2D eigenvalue weighted by Gasteiger charge is -2.43. The molecule has 0 heterocycles. The summed E-state index contributed by atoms with van der Waals surface area (Å²) in [6.45, 7) is -0.703. The lowest BCUT2D eigenvalue weighted by molar-refractivity contribution is -0.203. The predicted molar refractivity (Wildman–Crippen MR) is 42.6 cm³/mol. The van der Waals surface area contributed by atoms with Crippen LogP contribution in [0.2, 0.25) is 0 Å². The molecular weight excluding hydrogens is 178 g/mol. The molecule has 5 atom stereocenters. The normalized spacial score (nSPS) is 52.2. The SMILES string of the molecule is NC1C[C@](O)(CO)C(O)C(O)[C@H]1O. The van der Waals surface area contributed by atoms with Crippen LogP contribution in [0, 0.1) is 0 Å². The smallest absolute Gasteiger partial charge is 0.118 e. The molecule has 6 nitrogen and oxygen atoms in total. The fourth-order valence-corrected chi connectivity index (χ4v) is 1.57. The Morgan fingerprint density at radius 1 is 1.23 bits per heavy atom. The lowest BCUT2D eigenvalue weighted by atomic mass is 9.77. The molecular formula is C7H15NO5. The molecule has 0 spiro atoms. The van der Waals surface area contributed by atoms with Crippen molar-refractivity contribution in [3.8, 4) is 0 Å². The van der Waals surface area contributed by atoms with Crippen LogP contribution in [0.5, 0.6) is 0 Å². The maximum absolute atomic E-state index is 9.56. The Labute approximate surface area is 75.2 Å². The van der Waals surface area contributed by atoms with Crippen molar-refractivity contribution in [1.82, 2.24) is 0 Å². The summed E-state index contributed by atoms with van der Waals surface area (Å²) in [6, 6.07) is -0.851.